The number of halogens is 3. The summed E-state index contributed by atoms with van der Waals surface area (Å²) in [7, 11) is 0. The van der Waals surface area contributed by atoms with E-state index in [4.69, 9.17) is 5.73 Å². The number of ether oxygens (including phenoxy) is 1. The SMILES string of the molecule is Cl.N[C@H](c1cccc(OC(F)F)c1)[C@@H](O)C1CCC1. The monoisotopic (exact) mass is 293 g/mol. The molecule has 0 aliphatic heterocycles. The van der Waals surface area contributed by atoms with Crippen LogP contribution in [0.1, 0.15) is 30.9 Å². The Balaban J connectivity index is 0.00000180. The predicted molar refractivity (Wildman–Crippen MR) is 70.6 cm³/mol. The summed E-state index contributed by atoms with van der Waals surface area (Å²) in [5.74, 6) is 0.290. The van der Waals surface area contributed by atoms with Crippen LogP contribution in [0, 0.1) is 5.92 Å². The second-order valence-electron chi connectivity index (χ2n) is 4.66. The highest BCUT2D eigenvalue weighted by Crippen LogP contribution is 2.34. The zero-order valence-electron chi connectivity index (χ0n) is 10.3. The molecule has 1 fully saturated rings. The number of hydrogen-bond acceptors (Lipinski definition) is 3. The lowest BCUT2D eigenvalue weighted by Gasteiger charge is -2.33. The molecule has 1 aliphatic rings. The van der Waals surface area contributed by atoms with E-state index >= 15 is 0 Å². The van der Waals surface area contributed by atoms with Gasteiger partial charge in [0.25, 0.3) is 0 Å². The van der Waals surface area contributed by atoms with Crippen molar-refractivity contribution in [3.8, 4) is 5.75 Å². The number of nitrogens with two attached hydrogens (primary N) is 1. The summed E-state index contributed by atoms with van der Waals surface area (Å²) in [6, 6.07) is 5.65. The van der Waals surface area contributed by atoms with E-state index in [-0.39, 0.29) is 24.1 Å². The largest absolute Gasteiger partial charge is 0.435 e. The van der Waals surface area contributed by atoms with E-state index in [1.807, 2.05) is 0 Å². The summed E-state index contributed by atoms with van der Waals surface area (Å²) in [5.41, 5.74) is 6.57. The molecular weight excluding hydrogens is 276 g/mol. The third-order valence-electron chi connectivity index (χ3n) is 3.47. The molecule has 3 N–H and O–H groups in total. The third kappa shape index (κ3) is 4.03. The molecule has 0 bridgehead atoms. The van der Waals surface area contributed by atoms with Gasteiger partial charge in [0.05, 0.1) is 12.1 Å². The Hall–Kier alpha value is -0.910. The molecule has 2 rings (SSSR count). The van der Waals surface area contributed by atoms with Gasteiger partial charge in [-0.15, -0.1) is 12.4 Å². The molecule has 2 atom stereocenters. The van der Waals surface area contributed by atoms with Crippen LogP contribution in [0.5, 0.6) is 5.75 Å². The lowest BCUT2D eigenvalue weighted by atomic mass is 9.77. The second kappa shape index (κ2) is 7.03. The fraction of sp³-hybridized carbons (Fsp3) is 0.538. The summed E-state index contributed by atoms with van der Waals surface area (Å²) in [6.07, 6.45) is 2.44. The Kier molecular flexibility index (Phi) is 5.97. The first-order valence-corrected chi connectivity index (χ1v) is 6.06. The molecule has 3 nitrogen and oxygen atoms in total. The maximum atomic E-state index is 12.1. The van der Waals surface area contributed by atoms with Gasteiger partial charge >= 0.3 is 6.61 Å². The van der Waals surface area contributed by atoms with Crippen molar-refractivity contribution in [3.63, 3.8) is 0 Å². The van der Waals surface area contributed by atoms with Gasteiger partial charge in [0, 0.05) is 0 Å². The molecule has 108 valence electrons. The van der Waals surface area contributed by atoms with E-state index in [2.05, 4.69) is 4.74 Å². The lowest BCUT2D eigenvalue weighted by Crippen LogP contribution is -2.36. The van der Waals surface area contributed by atoms with Crippen molar-refractivity contribution >= 4 is 12.4 Å². The van der Waals surface area contributed by atoms with Crippen molar-refractivity contribution in [1.82, 2.24) is 0 Å². The molecule has 1 aromatic carbocycles. The van der Waals surface area contributed by atoms with E-state index < -0.39 is 18.8 Å². The fourth-order valence-corrected chi connectivity index (χ4v) is 2.17. The topological polar surface area (TPSA) is 55.5 Å². The van der Waals surface area contributed by atoms with Crippen LogP contribution in [-0.2, 0) is 0 Å². The average Bonchev–Trinajstić information content (AvgIpc) is 2.25. The molecule has 19 heavy (non-hydrogen) atoms. The number of aliphatic hydroxyl groups excluding tert-OH is 1. The number of rotatable bonds is 5. The number of benzene rings is 1. The Morgan fingerprint density at radius 3 is 2.53 bits per heavy atom. The third-order valence-corrected chi connectivity index (χ3v) is 3.47. The number of alkyl halides is 2. The summed E-state index contributed by atoms with van der Waals surface area (Å²) in [5, 5.41) is 10.0. The fourth-order valence-electron chi connectivity index (χ4n) is 2.17. The normalized spacial score (nSPS) is 18.4. The first kappa shape index (κ1) is 16.1. The van der Waals surface area contributed by atoms with Gasteiger partial charge < -0.3 is 15.6 Å². The first-order chi connectivity index (χ1) is 8.58. The Morgan fingerprint density at radius 1 is 1.32 bits per heavy atom. The smallest absolute Gasteiger partial charge is 0.387 e. The molecule has 0 unspecified atom stereocenters. The van der Waals surface area contributed by atoms with Crippen LogP contribution >= 0.6 is 12.4 Å². The Labute approximate surface area is 117 Å². The van der Waals surface area contributed by atoms with Crippen molar-refractivity contribution in [1.29, 1.82) is 0 Å². The molecule has 0 radical (unpaired) electrons. The molecule has 1 saturated carbocycles. The van der Waals surface area contributed by atoms with Crippen LogP contribution < -0.4 is 10.5 Å². The van der Waals surface area contributed by atoms with E-state index in [1.54, 1.807) is 12.1 Å². The van der Waals surface area contributed by atoms with Gasteiger partial charge in [-0.25, -0.2) is 0 Å². The lowest BCUT2D eigenvalue weighted by molar-refractivity contribution is -0.0499. The summed E-state index contributed by atoms with van der Waals surface area (Å²) in [6.45, 7) is -2.85. The summed E-state index contributed by atoms with van der Waals surface area (Å²) < 4.78 is 28.5. The van der Waals surface area contributed by atoms with Gasteiger partial charge in [0.1, 0.15) is 5.75 Å². The van der Waals surface area contributed by atoms with Gasteiger partial charge in [0.2, 0.25) is 0 Å². The minimum atomic E-state index is -2.85. The van der Waals surface area contributed by atoms with Gasteiger partial charge in [-0.1, -0.05) is 18.6 Å². The van der Waals surface area contributed by atoms with Crippen molar-refractivity contribution in [2.45, 2.75) is 38.0 Å². The maximum Gasteiger partial charge on any atom is 0.387 e. The molecule has 0 heterocycles. The predicted octanol–water partition coefficient (Wildman–Crippen LogP) is 2.87. The van der Waals surface area contributed by atoms with Crippen molar-refractivity contribution in [2.24, 2.45) is 11.7 Å². The molecule has 0 spiro atoms. The van der Waals surface area contributed by atoms with E-state index in [1.165, 1.54) is 12.1 Å². The van der Waals surface area contributed by atoms with Gasteiger partial charge in [-0.2, -0.15) is 8.78 Å². The summed E-state index contributed by atoms with van der Waals surface area (Å²) >= 11 is 0. The van der Waals surface area contributed by atoms with Crippen LogP contribution in [0.4, 0.5) is 8.78 Å². The molecule has 0 saturated heterocycles. The highest BCUT2D eigenvalue weighted by atomic mass is 35.5. The molecule has 0 amide bonds. The minimum absolute atomic E-state index is 0. The maximum absolute atomic E-state index is 12.1. The van der Waals surface area contributed by atoms with Crippen LogP contribution in [-0.4, -0.2) is 17.8 Å². The minimum Gasteiger partial charge on any atom is -0.435 e. The van der Waals surface area contributed by atoms with Gasteiger partial charge in [0.15, 0.2) is 0 Å². The molecule has 1 aliphatic carbocycles. The molecule has 1 aromatic rings. The van der Waals surface area contributed by atoms with Crippen molar-refractivity contribution in [2.75, 3.05) is 0 Å². The highest BCUT2D eigenvalue weighted by molar-refractivity contribution is 5.85. The Bertz CT molecular complexity index is 402. The van der Waals surface area contributed by atoms with Crippen LogP contribution in [0.3, 0.4) is 0 Å². The van der Waals surface area contributed by atoms with E-state index in [0.29, 0.717) is 5.56 Å². The van der Waals surface area contributed by atoms with Crippen LogP contribution in [0.15, 0.2) is 24.3 Å². The average molecular weight is 294 g/mol. The zero-order valence-corrected chi connectivity index (χ0v) is 11.2. The quantitative estimate of drug-likeness (QED) is 0.878. The van der Waals surface area contributed by atoms with Gasteiger partial charge in [-0.05, 0) is 36.5 Å². The van der Waals surface area contributed by atoms with Crippen LogP contribution in [0.2, 0.25) is 0 Å². The van der Waals surface area contributed by atoms with Gasteiger partial charge in [-0.3, -0.25) is 0 Å². The van der Waals surface area contributed by atoms with E-state index in [9.17, 15) is 13.9 Å². The second-order valence-corrected chi connectivity index (χ2v) is 4.66. The molecular formula is C13H18ClF2NO2. The Morgan fingerprint density at radius 2 is 2.00 bits per heavy atom. The van der Waals surface area contributed by atoms with Crippen molar-refractivity contribution in [3.05, 3.63) is 29.8 Å². The van der Waals surface area contributed by atoms with Crippen LogP contribution in [0.25, 0.3) is 0 Å². The molecule has 6 heteroatoms. The van der Waals surface area contributed by atoms with Crippen molar-refractivity contribution < 1.29 is 18.6 Å². The zero-order chi connectivity index (χ0) is 13.1. The van der Waals surface area contributed by atoms with E-state index in [0.717, 1.165) is 19.3 Å². The number of aliphatic hydroxyl groups is 1. The first-order valence-electron chi connectivity index (χ1n) is 6.06. The number of hydrogen-bond donors (Lipinski definition) is 2. The molecule has 0 aromatic heterocycles. The standard InChI is InChI=1S/C13H17F2NO2.ClH/c14-13(15)18-10-6-2-5-9(7-10)11(16)12(17)8-3-1-4-8;/h2,5-8,11-13,17H,1,3-4,16H2;1H/t11-,12+;/m1./s1. The highest BCUT2D eigenvalue weighted by Gasteiger charge is 2.30. The summed E-state index contributed by atoms with van der Waals surface area (Å²) in [4.78, 5) is 0.